The number of halogens is 1. The van der Waals surface area contributed by atoms with Gasteiger partial charge in [-0.15, -0.1) is 0 Å². The molecular weight excluding hydrogens is 445 g/mol. The van der Waals surface area contributed by atoms with Crippen LogP contribution in [0.2, 0.25) is 0 Å². The smallest absolute Gasteiger partial charge is 0.380 e. The predicted molar refractivity (Wildman–Crippen MR) is 120 cm³/mol. The van der Waals surface area contributed by atoms with Gasteiger partial charge in [0.2, 0.25) is 5.75 Å². The number of rotatable bonds is 7. The molecule has 2 aromatic carbocycles. The SMILES string of the molecule is CCOC(=O)C1(c2ccc(F)cc2)ON=C2C(=Cc3ccc([N+](=O)OC)c(OC)c3)CCCN21. The zero-order valence-electron chi connectivity index (χ0n) is 19.1. The van der Waals surface area contributed by atoms with Gasteiger partial charge >= 0.3 is 17.4 Å². The van der Waals surface area contributed by atoms with Gasteiger partial charge in [0.15, 0.2) is 12.9 Å². The van der Waals surface area contributed by atoms with Crippen LogP contribution in [-0.4, -0.2) is 49.0 Å². The fourth-order valence-corrected chi connectivity index (χ4v) is 4.14. The molecule has 0 saturated carbocycles. The van der Waals surface area contributed by atoms with E-state index in [2.05, 4.69) is 5.16 Å². The lowest BCUT2D eigenvalue weighted by atomic mass is 9.94. The van der Waals surface area contributed by atoms with Crippen molar-refractivity contribution in [3.8, 4) is 5.75 Å². The van der Waals surface area contributed by atoms with Crippen molar-refractivity contribution in [3.05, 3.63) is 69.9 Å². The monoisotopic (exact) mass is 470 g/mol. The topological polar surface area (TPSA) is 89.7 Å². The third-order valence-electron chi connectivity index (χ3n) is 5.71. The average Bonchev–Trinajstić information content (AvgIpc) is 3.26. The van der Waals surface area contributed by atoms with Crippen LogP contribution in [-0.2, 0) is 24.9 Å². The molecule has 10 heteroatoms. The van der Waals surface area contributed by atoms with E-state index in [0.29, 0.717) is 35.0 Å². The number of piperidine rings is 1. The normalized spacial score (nSPS) is 20.3. The Morgan fingerprint density at radius 1 is 1.26 bits per heavy atom. The van der Waals surface area contributed by atoms with Crippen molar-refractivity contribution in [1.29, 1.82) is 0 Å². The summed E-state index contributed by atoms with van der Waals surface area (Å²) in [6.45, 7) is 2.35. The highest BCUT2D eigenvalue weighted by atomic mass is 19.1. The molecule has 4 rings (SSSR count). The minimum atomic E-state index is -1.64. The number of esters is 1. The first-order chi connectivity index (χ1) is 16.4. The molecule has 1 saturated heterocycles. The Kier molecular flexibility index (Phi) is 6.49. The number of benzene rings is 2. The molecule has 2 aromatic rings. The number of fused-ring (bicyclic) bond motifs is 1. The number of amidine groups is 1. The largest absolute Gasteiger partial charge is 0.490 e. The summed E-state index contributed by atoms with van der Waals surface area (Å²) in [6.07, 6.45) is 3.31. The molecule has 0 bridgehead atoms. The standard InChI is InChI=1S/C24H25FN3O6/c1-4-33-23(29)24(18-8-10-19(25)11-9-18)27-13-5-6-17(22(27)26-34-24)14-16-7-12-20(28(30)32-3)21(15-16)31-2/h7-12,14-15H,4-6,13H2,1-3H3/q+1. The van der Waals surface area contributed by atoms with Gasteiger partial charge in [-0.1, -0.05) is 5.16 Å². The molecule has 178 valence electrons. The lowest BCUT2D eigenvalue weighted by Gasteiger charge is -2.37. The van der Waals surface area contributed by atoms with Crippen LogP contribution in [0.5, 0.6) is 5.75 Å². The van der Waals surface area contributed by atoms with E-state index in [1.807, 2.05) is 6.08 Å². The Hall–Kier alpha value is -3.95. The van der Waals surface area contributed by atoms with Crippen molar-refractivity contribution < 1.29 is 33.3 Å². The molecule has 0 N–H and O–H groups in total. The minimum Gasteiger partial charge on any atom is -0.490 e. The molecule has 1 atom stereocenters. The summed E-state index contributed by atoms with van der Waals surface area (Å²) < 4.78 is 24.3. The summed E-state index contributed by atoms with van der Waals surface area (Å²) in [6, 6.07) is 10.6. The molecule has 0 aliphatic carbocycles. The van der Waals surface area contributed by atoms with Crippen LogP contribution < -0.4 is 4.74 Å². The molecule has 1 fully saturated rings. The number of carbonyl (C=O) groups is 1. The maximum atomic E-state index is 13.6. The summed E-state index contributed by atoms with van der Waals surface area (Å²) in [4.78, 5) is 37.6. The average molecular weight is 470 g/mol. The second-order valence-electron chi connectivity index (χ2n) is 7.67. The molecule has 0 spiro atoms. The fraction of sp³-hybridized carbons (Fsp3) is 0.333. The van der Waals surface area contributed by atoms with Crippen LogP contribution in [0, 0.1) is 10.7 Å². The quantitative estimate of drug-likeness (QED) is 0.446. The Balaban J connectivity index is 1.72. The minimum absolute atomic E-state index is 0.154. The highest BCUT2D eigenvalue weighted by Crippen LogP contribution is 2.41. The number of methoxy groups -OCH3 is 1. The van der Waals surface area contributed by atoms with Crippen LogP contribution in [0.25, 0.3) is 6.08 Å². The van der Waals surface area contributed by atoms with Gasteiger partial charge in [-0.2, -0.15) is 0 Å². The molecule has 2 aliphatic heterocycles. The van der Waals surface area contributed by atoms with Gasteiger partial charge in [-0.3, -0.25) is 0 Å². The highest BCUT2D eigenvalue weighted by Gasteiger charge is 2.57. The van der Waals surface area contributed by atoms with Crippen LogP contribution in [0.4, 0.5) is 10.1 Å². The van der Waals surface area contributed by atoms with Gasteiger partial charge in [0.1, 0.15) is 5.82 Å². The van der Waals surface area contributed by atoms with Crippen LogP contribution in [0.15, 0.2) is 53.2 Å². The number of oxime groups is 1. The van der Waals surface area contributed by atoms with Crippen molar-refractivity contribution in [2.45, 2.75) is 25.5 Å². The van der Waals surface area contributed by atoms with Gasteiger partial charge in [0.25, 0.3) is 4.92 Å². The zero-order chi connectivity index (χ0) is 24.3. The molecule has 2 heterocycles. The van der Waals surface area contributed by atoms with Crippen molar-refractivity contribution in [2.75, 3.05) is 27.4 Å². The van der Waals surface area contributed by atoms with E-state index in [9.17, 15) is 14.1 Å². The number of hydrogen-bond donors (Lipinski definition) is 0. The molecule has 2 aliphatic rings. The third kappa shape index (κ3) is 3.95. The van der Waals surface area contributed by atoms with Crippen molar-refractivity contribution in [2.24, 2.45) is 5.16 Å². The summed E-state index contributed by atoms with van der Waals surface area (Å²) in [5.74, 6) is -0.212. The molecule has 34 heavy (non-hydrogen) atoms. The molecular formula is C24H25FN3O6+. The number of ether oxygens (including phenoxy) is 2. The van der Waals surface area contributed by atoms with E-state index in [1.54, 1.807) is 30.0 Å². The van der Waals surface area contributed by atoms with Crippen molar-refractivity contribution in [1.82, 2.24) is 4.90 Å². The fourth-order valence-electron chi connectivity index (χ4n) is 4.14. The maximum absolute atomic E-state index is 13.6. The summed E-state index contributed by atoms with van der Waals surface area (Å²) in [5.41, 5.74) is 0.618. The van der Waals surface area contributed by atoms with Crippen molar-refractivity contribution >= 4 is 23.6 Å². The summed E-state index contributed by atoms with van der Waals surface area (Å²) >= 11 is 0. The Morgan fingerprint density at radius 3 is 2.71 bits per heavy atom. The number of hydrogen-bond acceptors (Lipinski definition) is 8. The lowest BCUT2D eigenvalue weighted by Crippen LogP contribution is -2.54. The molecule has 0 radical (unpaired) electrons. The van der Waals surface area contributed by atoms with Crippen LogP contribution >= 0.6 is 0 Å². The van der Waals surface area contributed by atoms with Gasteiger partial charge in [-0.25, -0.2) is 14.0 Å². The number of carbonyl (C=O) groups excluding carboxylic acids is 1. The van der Waals surface area contributed by atoms with E-state index in [-0.39, 0.29) is 12.3 Å². The van der Waals surface area contributed by atoms with E-state index < -0.39 is 17.5 Å². The second kappa shape index (κ2) is 9.50. The van der Waals surface area contributed by atoms with E-state index in [4.69, 9.17) is 19.1 Å². The Morgan fingerprint density at radius 2 is 2.03 bits per heavy atom. The lowest BCUT2D eigenvalue weighted by molar-refractivity contribution is -0.736. The molecule has 9 nitrogen and oxygen atoms in total. The highest BCUT2D eigenvalue weighted by molar-refractivity contribution is 6.06. The van der Waals surface area contributed by atoms with E-state index >= 15 is 0 Å². The molecule has 1 unspecified atom stereocenters. The first kappa shape index (κ1) is 23.2. The number of nitrogens with zero attached hydrogens (tertiary/aromatic N) is 3. The summed E-state index contributed by atoms with van der Waals surface area (Å²) in [5, 5.41) is 4.26. The second-order valence-corrected chi connectivity index (χ2v) is 7.67. The van der Waals surface area contributed by atoms with E-state index in [1.165, 1.54) is 38.5 Å². The zero-order valence-corrected chi connectivity index (χ0v) is 19.1. The van der Waals surface area contributed by atoms with Gasteiger partial charge in [0, 0.05) is 18.2 Å². The molecule has 0 amide bonds. The van der Waals surface area contributed by atoms with Gasteiger partial charge in [-0.05, 0) is 73.4 Å². The predicted octanol–water partition coefficient (Wildman–Crippen LogP) is 4.05. The Labute approximate surface area is 195 Å². The van der Waals surface area contributed by atoms with E-state index in [0.717, 1.165) is 17.6 Å². The Bertz CT molecular complexity index is 1160. The first-order valence-electron chi connectivity index (χ1n) is 10.8. The first-order valence-corrected chi connectivity index (χ1v) is 10.8. The summed E-state index contributed by atoms with van der Waals surface area (Å²) in [7, 11) is 2.74. The van der Waals surface area contributed by atoms with Crippen molar-refractivity contribution in [3.63, 3.8) is 0 Å². The molecule has 0 aromatic heterocycles. The van der Waals surface area contributed by atoms with Crippen LogP contribution in [0.1, 0.15) is 30.9 Å². The third-order valence-corrected chi connectivity index (χ3v) is 5.71. The van der Waals surface area contributed by atoms with Gasteiger partial charge < -0.3 is 19.2 Å². The van der Waals surface area contributed by atoms with Gasteiger partial charge in [0.05, 0.1) is 18.6 Å². The van der Waals surface area contributed by atoms with Crippen LogP contribution in [0.3, 0.4) is 0 Å². The maximum Gasteiger partial charge on any atom is 0.380 e.